The van der Waals surface area contributed by atoms with Crippen molar-refractivity contribution in [2.45, 2.75) is 5.54 Å². The fraction of sp³-hybridized carbons (Fsp3) is 0.0476. The van der Waals surface area contributed by atoms with Crippen LogP contribution in [0.5, 0.6) is 0 Å². The number of urea groups is 1. The van der Waals surface area contributed by atoms with Crippen LogP contribution >= 0.6 is 11.6 Å². The zero-order chi connectivity index (χ0) is 18.1. The maximum atomic E-state index is 13.5. The van der Waals surface area contributed by atoms with Crippen molar-refractivity contribution in [2.75, 3.05) is 4.90 Å². The van der Waals surface area contributed by atoms with Crippen molar-refractivity contribution >= 4 is 29.2 Å². The van der Waals surface area contributed by atoms with Gasteiger partial charge < -0.3 is 5.32 Å². The molecule has 5 heteroatoms. The van der Waals surface area contributed by atoms with E-state index in [1.165, 1.54) is 4.90 Å². The number of nitrogens with zero attached hydrogens (tertiary/aromatic N) is 1. The van der Waals surface area contributed by atoms with Crippen LogP contribution in [0.1, 0.15) is 11.1 Å². The van der Waals surface area contributed by atoms with Crippen molar-refractivity contribution in [3.8, 4) is 0 Å². The van der Waals surface area contributed by atoms with E-state index in [1.54, 1.807) is 48.5 Å². The van der Waals surface area contributed by atoms with Crippen LogP contribution in [-0.2, 0) is 10.3 Å². The maximum absolute atomic E-state index is 13.5. The Morgan fingerprint density at radius 1 is 0.731 bits per heavy atom. The Balaban J connectivity index is 1.91. The van der Waals surface area contributed by atoms with Gasteiger partial charge in [0.25, 0.3) is 5.91 Å². The zero-order valence-electron chi connectivity index (χ0n) is 13.7. The average Bonchev–Trinajstić information content (AvgIpc) is 2.95. The lowest BCUT2D eigenvalue weighted by Crippen LogP contribution is -2.45. The van der Waals surface area contributed by atoms with Gasteiger partial charge in [-0.2, -0.15) is 0 Å². The van der Waals surface area contributed by atoms with Crippen molar-refractivity contribution in [1.82, 2.24) is 5.32 Å². The molecule has 0 spiro atoms. The van der Waals surface area contributed by atoms with E-state index >= 15 is 0 Å². The first-order valence-corrected chi connectivity index (χ1v) is 8.54. The fourth-order valence-electron chi connectivity index (χ4n) is 3.29. The molecule has 1 aliphatic heterocycles. The quantitative estimate of drug-likeness (QED) is 0.704. The summed E-state index contributed by atoms with van der Waals surface area (Å²) in [5, 5.41) is 3.48. The van der Waals surface area contributed by atoms with Crippen LogP contribution in [0.3, 0.4) is 0 Å². The minimum absolute atomic E-state index is 0.345. The number of anilines is 1. The summed E-state index contributed by atoms with van der Waals surface area (Å²) in [5.41, 5.74) is 0.587. The Morgan fingerprint density at radius 3 is 1.88 bits per heavy atom. The normalized spacial score (nSPS) is 19.5. The number of imide groups is 1. The third kappa shape index (κ3) is 2.47. The lowest BCUT2D eigenvalue weighted by Gasteiger charge is -2.28. The summed E-state index contributed by atoms with van der Waals surface area (Å²) in [6.07, 6.45) is 0. The maximum Gasteiger partial charge on any atom is 0.330 e. The number of carbonyl (C=O) groups is 2. The predicted molar refractivity (Wildman–Crippen MR) is 101 cm³/mol. The zero-order valence-corrected chi connectivity index (χ0v) is 14.5. The lowest BCUT2D eigenvalue weighted by atomic mass is 9.82. The number of hydrogen-bond acceptors (Lipinski definition) is 2. The van der Waals surface area contributed by atoms with Crippen molar-refractivity contribution in [1.29, 1.82) is 0 Å². The summed E-state index contributed by atoms with van der Waals surface area (Å²) < 4.78 is 0. The highest BCUT2D eigenvalue weighted by atomic mass is 35.5. The molecule has 3 aromatic rings. The molecule has 3 aromatic carbocycles. The largest absolute Gasteiger partial charge is 0.330 e. The smallest absolute Gasteiger partial charge is 0.315 e. The van der Waals surface area contributed by atoms with Crippen molar-refractivity contribution in [3.05, 3.63) is 101 Å². The molecule has 1 N–H and O–H groups in total. The number of carbonyl (C=O) groups excluding carboxylic acids is 2. The number of amides is 3. The molecule has 0 saturated carbocycles. The molecule has 1 atom stereocenters. The van der Waals surface area contributed by atoms with Crippen LogP contribution in [0.2, 0.25) is 5.02 Å². The molecule has 0 bridgehead atoms. The van der Waals surface area contributed by atoms with E-state index in [1.807, 2.05) is 36.4 Å². The van der Waals surface area contributed by atoms with E-state index in [0.29, 0.717) is 21.8 Å². The molecule has 3 amide bonds. The molecule has 26 heavy (non-hydrogen) atoms. The van der Waals surface area contributed by atoms with Crippen molar-refractivity contribution < 1.29 is 9.59 Å². The van der Waals surface area contributed by atoms with Gasteiger partial charge in [-0.05, 0) is 35.4 Å². The summed E-state index contributed by atoms with van der Waals surface area (Å²) >= 11 is 6.02. The molecule has 1 aliphatic rings. The SMILES string of the molecule is O=C1N[C@](c2ccccc2)(c2ccc(Cl)cc2)C(=O)N1c1ccccc1. The summed E-state index contributed by atoms with van der Waals surface area (Å²) in [6.45, 7) is 0. The van der Waals surface area contributed by atoms with Gasteiger partial charge in [0.2, 0.25) is 0 Å². The van der Waals surface area contributed by atoms with Gasteiger partial charge in [0, 0.05) is 5.02 Å². The van der Waals surface area contributed by atoms with Crippen molar-refractivity contribution in [2.24, 2.45) is 0 Å². The van der Waals surface area contributed by atoms with Gasteiger partial charge in [0.05, 0.1) is 5.69 Å². The van der Waals surface area contributed by atoms with Crippen LogP contribution in [0, 0.1) is 0 Å². The Bertz CT molecular complexity index is 958. The van der Waals surface area contributed by atoms with E-state index in [4.69, 9.17) is 11.6 Å². The van der Waals surface area contributed by atoms with Gasteiger partial charge in [0.15, 0.2) is 5.54 Å². The van der Waals surface area contributed by atoms with Crippen molar-refractivity contribution in [3.63, 3.8) is 0 Å². The van der Waals surface area contributed by atoms with E-state index in [2.05, 4.69) is 5.32 Å². The number of nitrogens with one attached hydrogen (secondary N) is 1. The molecule has 1 heterocycles. The number of benzene rings is 3. The Labute approximate surface area is 156 Å². The summed E-state index contributed by atoms with van der Waals surface area (Å²) in [7, 11) is 0. The number of para-hydroxylation sites is 1. The van der Waals surface area contributed by atoms with Gasteiger partial charge in [-0.1, -0.05) is 72.3 Å². The van der Waals surface area contributed by atoms with Crippen LogP contribution in [0.15, 0.2) is 84.9 Å². The second kappa shape index (κ2) is 6.32. The highest BCUT2D eigenvalue weighted by Gasteiger charge is 2.54. The van der Waals surface area contributed by atoms with Crippen LogP contribution in [-0.4, -0.2) is 11.9 Å². The third-order valence-corrected chi connectivity index (χ3v) is 4.77. The standard InChI is InChI=1S/C21H15ClN2O2/c22-17-13-11-16(12-14-17)21(15-7-3-1-4-8-15)19(25)24(20(26)23-21)18-9-5-2-6-10-18/h1-14H,(H,23,26)/t21-/m1/s1. The highest BCUT2D eigenvalue weighted by Crippen LogP contribution is 2.38. The molecular weight excluding hydrogens is 348 g/mol. The topological polar surface area (TPSA) is 49.4 Å². The predicted octanol–water partition coefficient (Wildman–Crippen LogP) is 4.34. The average molecular weight is 363 g/mol. The Kier molecular flexibility index (Phi) is 3.98. The number of halogens is 1. The van der Waals surface area contributed by atoms with Crippen LogP contribution < -0.4 is 10.2 Å². The van der Waals surface area contributed by atoms with Crippen LogP contribution in [0.4, 0.5) is 10.5 Å². The summed E-state index contributed by atoms with van der Waals surface area (Å²) in [5.74, 6) is -0.345. The Hall–Kier alpha value is -3.11. The van der Waals surface area contributed by atoms with Crippen LogP contribution in [0.25, 0.3) is 0 Å². The summed E-state index contributed by atoms with van der Waals surface area (Å²) in [4.78, 5) is 27.5. The molecule has 1 saturated heterocycles. The monoisotopic (exact) mass is 362 g/mol. The van der Waals surface area contributed by atoms with Gasteiger partial charge in [0.1, 0.15) is 0 Å². The summed E-state index contributed by atoms with van der Waals surface area (Å²) in [6, 6.07) is 24.6. The molecule has 0 aromatic heterocycles. The Morgan fingerprint density at radius 2 is 1.27 bits per heavy atom. The second-order valence-corrected chi connectivity index (χ2v) is 6.47. The first kappa shape index (κ1) is 16.4. The molecule has 0 unspecified atom stereocenters. The number of rotatable bonds is 3. The van der Waals surface area contributed by atoms with E-state index < -0.39 is 11.6 Å². The minimum Gasteiger partial charge on any atom is -0.315 e. The second-order valence-electron chi connectivity index (χ2n) is 6.03. The molecule has 4 rings (SSSR count). The molecule has 0 radical (unpaired) electrons. The van der Waals surface area contributed by atoms with Gasteiger partial charge in [-0.25, -0.2) is 9.69 Å². The molecule has 128 valence electrons. The van der Waals surface area contributed by atoms with Gasteiger partial charge in [-0.15, -0.1) is 0 Å². The lowest BCUT2D eigenvalue weighted by molar-refractivity contribution is -0.121. The van der Waals surface area contributed by atoms with Gasteiger partial charge in [-0.3, -0.25) is 4.79 Å². The molecular formula is C21H15ClN2O2. The molecule has 4 nitrogen and oxygen atoms in total. The molecule has 0 aliphatic carbocycles. The third-order valence-electron chi connectivity index (χ3n) is 4.52. The van der Waals surface area contributed by atoms with E-state index in [0.717, 1.165) is 0 Å². The molecule has 1 fully saturated rings. The van der Waals surface area contributed by atoms with E-state index in [9.17, 15) is 9.59 Å². The number of hydrogen-bond donors (Lipinski definition) is 1. The van der Waals surface area contributed by atoms with E-state index in [-0.39, 0.29) is 5.91 Å². The first-order valence-electron chi connectivity index (χ1n) is 8.16. The fourth-order valence-corrected chi connectivity index (χ4v) is 3.41. The first-order chi connectivity index (χ1) is 12.6. The highest BCUT2D eigenvalue weighted by molar-refractivity contribution is 6.30. The van der Waals surface area contributed by atoms with Gasteiger partial charge >= 0.3 is 6.03 Å². The minimum atomic E-state index is -1.29.